The number of hydrogen-bond donors (Lipinski definition) is 0. The molecule has 2 bridgehead atoms. The molecule has 34 valence electrons. The van der Waals surface area contributed by atoms with Crippen LogP contribution in [0.5, 0.6) is 0 Å². The molecule has 7 heavy (non-hydrogen) atoms. The van der Waals surface area contributed by atoms with Crippen molar-refractivity contribution in [2.24, 2.45) is 11.8 Å². The first-order valence-corrected chi connectivity index (χ1v) is 2.73. The van der Waals surface area contributed by atoms with Gasteiger partial charge in [-0.2, -0.15) is 0 Å². The van der Waals surface area contributed by atoms with Gasteiger partial charge in [-0.1, -0.05) is 6.08 Å². The Bertz CT molecular complexity index is 103. The molecular weight excluding hydrogens is 84.1 g/mol. The van der Waals surface area contributed by atoms with Crippen LogP contribution in [0.4, 0.5) is 0 Å². The first kappa shape index (κ1) is 3.40. The third-order valence-corrected chi connectivity index (χ3v) is 1.64. The van der Waals surface area contributed by atoms with Crippen molar-refractivity contribution in [1.82, 2.24) is 0 Å². The molecule has 0 aromatic carbocycles. The highest BCUT2D eigenvalue weighted by Crippen LogP contribution is 2.30. The lowest BCUT2D eigenvalue weighted by molar-refractivity contribution is 0.725. The van der Waals surface area contributed by atoms with Crippen molar-refractivity contribution in [2.45, 2.75) is 6.42 Å². The summed E-state index contributed by atoms with van der Waals surface area (Å²) in [4.78, 5) is 0. The van der Waals surface area contributed by atoms with Crippen LogP contribution < -0.4 is 0 Å². The quantitative estimate of drug-likeness (QED) is 0.313. The minimum atomic E-state index is 0.685. The highest BCUT2D eigenvalue weighted by Gasteiger charge is 2.32. The maximum absolute atomic E-state index is 3.24. The van der Waals surface area contributed by atoms with E-state index in [0.29, 0.717) is 5.92 Å². The van der Waals surface area contributed by atoms with Crippen molar-refractivity contribution in [2.75, 3.05) is 0 Å². The summed E-state index contributed by atoms with van der Waals surface area (Å²) < 4.78 is 0. The van der Waals surface area contributed by atoms with Gasteiger partial charge >= 0.3 is 0 Å². The second-order valence-electron chi connectivity index (χ2n) is 2.22. The van der Waals surface area contributed by atoms with E-state index in [-0.39, 0.29) is 0 Å². The Morgan fingerprint density at radius 1 is 1.43 bits per heavy atom. The molecule has 2 aliphatic rings. The van der Waals surface area contributed by atoms with Crippen molar-refractivity contribution < 1.29 is 0 Å². The SMILES string of the molecule is [C+]1=CC2C=CC1C2. The van der Waals surface area contributed by atoms with Gasteiger partial charge in [0, 0.05) is 12.3 Å². The highest BCUT2D eigenvalue weighted by molar-refractivity contribution is 5.17. The predicted molar refractivity (Wildman–Crippen MR) is 28.5 cm³/mol. The molecule has 0 N–H and O–H groups in total. The van der Waals surface area contributed by atoms with Gasteiger partial charge in [0.2, 0.25) is 6.08 Å². The van der Waals surface area contributed by atoms with Gasteiger partial charge in [0.15, 0.2) is 12.0 Å². The van der Waals surface area contributed by atoms with Crippen LogP contribution in [0.15, 0.2) is 18.2 Å². The molecular formula is C7H7+. The Kier molecular flexibility index (Phi) is 0.467. The van der Waals surface area contributed by atoms with Gasteiger partial charge < -0.3 is 0 Å². The average molecular weight is 91.1 g/mol. The Labute approximate surface area is 43.5 Å². The van der Waals surface area contributed by atoms with E-state index in [1.54, 1.807) is 0 Å². The largest absolute Gasteiger partial charge is 0.226 e. The molecule has 0 saturated carbocycles. The third-order valence-electron chi connectivity index (χ3n) is 1.64. The van der Waals surface area contributed by atoms with Crippen LogP contribution in [0.2, 0.25) is 0 Å². The fourth-order valence-electron chi connectivity index (χ4n) is 1.22. The molecule has 2 atom stereocenters. The van der Waals surface area contributed by atoms with Crippen molar-refractivity contribution in [3.8, 4) is 0 Å². The van der Waals surface area contributed by atoms with Crippen molar-refractivity contribution >= 4 is 0 Å². The summed E-state index contributed by atoms with van der Waals surface area (Å²) in [5.74, 6) is 1.44. The first-order chi connectivity index (χ1) is 3.45. The van der Waals surface area contributed by atoms with E-state index in [1.165, 1.54) is 6.42 Å². The summed E-state index contributed by atoms with van der Waals surface area (Å²) in [5, 5.41) is 0. The Morgan fingerprint density at radius 3 is 2.57 bits per heavy atom. The summed E-state index contributed by atoms with van der Waals surface area (Å²) in [6.45, 7) is 0. The molecule has 0 aliphatic heterocycles. The number of allylic oxidation sites excluding steroid dienone is 4. The molecule has 0 heteroatoms. The monoisotopic (exact) mass is 91.1 g/mol. The van der Waals surface area contributed by atoms with E-state index in [2.05, 4.69) is 24.3 Å². The van der Waals surface area contributed by atoms with Crippen LogP contribution >= 0.6 is 0 Å². The lowest BCUT2D eigenvalue weighted by atomic mass is 10.2. The summed E-state index contributed by atoms with van der Waals surface area (Å²) in [6, 6.07) is 0. The average Bonchev–Trinajstić information content (AvgIpc) is 2.22. The standard InChI is InChI=1S/C7H7/c1-2-7-4-3-6(1)5-7/h1-3,6-7H,5H2/q+1. The lowest BCUT2D eigenvalue weighted by Crippen LogP contribution is -1.79. The second kappa shape index (κ2) is 0.962. The zero-order valence-electron chi connectivity index (χ0n) is 4.09. The Balaban J connectivity index is 2.38. The van der Waals surface area contributed by atoms with Gasteiger partial charge in [-0.15, -0.1) is 0 Å². The smallest absolute Gasteiger partial charge is 0.0718 e. The maximum Gasteiger partial charge on any atom is 0.226 e. The van der Waals surface area contributed by atoms with E-state index in [1.807, 2.05) is 0 Å². The molecule has 0 nitrogen and oxygen atoms in total. The van der Waals surface area contributed by atoms with Crippen LogP contribution in [-0.2, 0) is 0 Å². The molecule has 0 saturated heterocycles. The molecule has 2 rings (SSSR count). The van der Waals surface area contributed by atoms with E-state index in [4.69, 9.17) is 0 Å². The molecule has 0 radical (unpaired) electrons. The molecule has 0 aromatic heterocycles. The second-order valence-corrected chi connectivity index (χ2v) is 2.22. The van der Waals surface area contributed by atoms with Gasteiger partial charge in [0.05, 0.1) is 0 Å². The predicted octanol–water partition coefficient (Wildman–Crippen LogP) is 1.55. The van der Waals surface area contributed by atoms with E-state index < -0.39 is 0 Å². The summed E-state index contributed by atoms with van der Waals surface area (Å²) >= 11 is 0. The Hall–Kier alpha value is -0.610. The van der Waals surface area contributed by atoms with Crippen LogP contribution in [0.1, 0.15) is 6.42 Å². The molecule has 0 spiro atoms. The van der Waals surface area contributed by atoms with Crippen molar-refractivity contribution in [3.05, 3.63) is 24.3 Å². The Morgan fingerprint density at radius 2 is 2.43 bits per heavy atom. The molecule has 0 aromatic rings. The van der Waals surface area contributed by atoms with Crippen LogP contribution in [0, 0.1) is 17.9 Å². The zero-order chi connectivity index (χ0) is 4.69. The minimum absolute atomic E-state index is 0.685. The zero-order valence-corrected chi connectivity index (χ0v) is 4.09. The van der Waals surface area contributed by atoms with Crippen LogP contribution in [0.25, 0.3) is 0 Å². The molecule has 2 unspecified atom stereocenters. The van der Waals surface area contributed by atoms with Gasteiger partial charge in [-0.05, 0) is 6.08 Å². The van der Waals surface area contributed by atoms with E-state index in [9.17, 15) is 0 Å². The normalized spacial score (nSPS) is 42.3. The van der Waals surface area contributed by atoms with Crippen LogP contribution in [-0.4, -0.2) is 0 Å². The summed E-state index contributed by atoms with van der Waals surface area (Å²) in [6.07, 6.45) is 11.2. The molecule has 0 heterocycles. The number of fused-ring (bicyclic) bond motifs is 2. The molecule has 2 aliphatic carbocycles. The van der Waals surface area contributed by atoms with Crippen molar-refractivity contribution in [1.29, 1.82) is 0 Å². The van der Waals surface area contributed by atoms with Gasteiger partial charge in [0.25, 0.3) is 0 Å². The van der Waals surface area contributed by atoms with Crippen LogP contribution in [0.3, 0.4) is 0 Å². The van der Waals surface area contributed by atoms with E-state index in [0.717, 1.165) is 5.92 Å². The van der Waals surface area contributed by atoms with Gasteiger partial charge in [-0.3, -0.25) is 0 Å². The van der Waals surface area contributed by atoms with Crippen molar-refractivity contribution in [3.63, 3.8) is 0 Å². The fourth-order valence-corrected chi connectivity index (χ4v) is 1.22. The maximum atomic E-state index is 3.24. The first-order valence-electron chi connectivity index (χ1n) is 2.73. The van der Waals surface area contributed by atoms with E-state index >= 15 is 0 Å². The number of rotatable bonds is 0. The fraction of sp³-hybridized carbons (Fsp3) is 0.429. The molecule has 0 amide bonds. The third kappa shape index (κ3) is 0.345. The summed E-state index contributed by atoms with van der Waals surface area (Å²) in [7, 11) is 0. The summed E-state index contributed by atoms with van der Waals surface area (Å²) in [5.41, 5.74) is 0. The lowest BCUT2D eigenvalue weighted by Gasteiger charge is -1.80. The topological polar surface area (TPSA) is 0 Å². The molecule has 0 fully saturated rings. The highest BCUT2D eigenvalue weighted by atomic mass is 14.2. The minimum Gasteiger partial charge on any atom is -0.0718 e. The van der Waals surface area contributed by atoms with Gasteiger partial charge in [-0.25, -0.2) is 0 Å². The van der Waals surface area contributed by atoms with Gasteiger partial charge in [0.1, 0.15) is 0 Å². The number of hydrogen-bond acceptors (Lipinski definition) is 0.